The molecular weight excluding hydrogens is 307 g/mol. The summed E-state index contributed by atoms with van der Waals surface area (Å²) >= 11 is 0. The lowest BCUT2D eigenvalue weighted by Crippen LogP contribution is -2.61. The lowest BCUT2D eigenvalue weighted by Gasteiger charge is -2.46. The van der Waals surface area contributed by atoms with Crippen LogP contribution < -0.4 is 15.1 Å². The Morgan fingerprint density at radius 1 is 1.24 bits per heavy atom. The van der Waals surface area contributed by atoms with Crippen molar-refractivity contribution in [3.63, 3.8) is 0 Å². The molecule has 1 aromatic carbocycles. The summed E-state index contributed by atoms with van der Waals surface area (Å²) in [5.41, 5.74) is 1.04. The quantitative estimate of drug-likeness (QED) is 0.791. The molecule has 2 aliphatic rings. The van der Waals surface area contributed by atoms with Crippen molar-refractivity contribution in [3.05, 3.63) is 24.3 Å². The molecule has 0 saturated carbocycles. The average Bonchev–Trinajstić information content (AvgIpc) is 2.44. The summed E-state index contributed by atoms with van der Waals surface area (Å²) in [5.74, 6) is -1.80. The van der Waals surface area contributed by atoms with Gasteiger partial charge in [0.05, 0.1) is 17.4 Å². The van der Waals surface area contributed by atoms with Gasteiger partial charge in [-0.25, -0.2) is 0 Å². The molecule has 2 heterocycles. The number of carbonyl (C=O) groups excluding carboxylic acids is 1. The van der Waals surface area contributed by atoms with Crippen LogP contribution in [0.4, 0.5) is 24.5 Å². The summed E-state index contributed by atoms with van der Waals surface area (Å²) in [7, 11) is 0. The third kappa shape index (κ3) is 2.80. The molecular formula is C13H15ClF3N3O. The molecule has 21 heavy (non-hydrogen) atoms. The fourth-order valence-electron chi connectivity index (χ4n) is 2.83. The first-order valence-corrected chi connectivity index (χ1v) is 6.43. The number of rotatable bonds is 0. The molecule has 1 atom stereocenters. The normalized spacial score (nSPS) is 21.2. The Hall–Kier alpha value is -1.47. The predicted molar refractivity (Wildman–Crippen MR) is 76.1 cm³/mol. The Morgan fingerprint density at radius 2 is 1.90 bits per heavy atom. The molecule has 0 bridgehead atoms. The fourth-order valence-corrected chi connectivity index (χ4v) is 2.83. The van der Waals surface area contributed by atoms with Gasteiger partial charge in [0.25, 0.3) is 0 Å². The van der Waals surface area contributed by atoms with Crippen LogP contribution in [-0.2, 0) is 4.79 Å². The lowest BCUT2D eigenvalue weighted by atomic mass is 10.0. The van der Waals surface area contributed by atoms with Crippen LogP contribution in [0.3, 0.4) is 0 Å². The molecule has 3 rings (SSSR count). The maximum absolute atomic E-state index is 12.7. The van der Waals surface area contributed by atoms with E-state index in [1.807, 2.05) is 0 Å². The number of alkyl halides is 3. The molecule has 1 aromatic rings. The van der Waals surface area contributed by atoms with Crippen LogP contribution in [0.15, 0.2) is 24.3 Å². The third-order valence-corrected chi connectivity index (χ3v) is 3.71. The smallest absolute Gasteiger partial charge is 0.363 e. The van der Waals surface area contributed by atoms with E-state index in [2.05, 4.69) is 10.2 Å². The maximum Gasteiger partial charge on any atom is 0.471 e. The summed E-state index contributed by atoms with van der Waals surface area (Å²) in [6.45, 7) is 2.16. The zero-order valence-electron chi connectivity index (χ0n) is 11.1. The number of piperazine rings is 1. The number of amides is 1. The topological polar surface area (TPSA) is 35.6 Å². The second kappa shape index (κ2) is 5.73. The minimum absolute atomic E-state index is 0. The van der Waals surface area contributed by atoms with Gasteiger partial charge in [0.15, 0.2) is 0 Å². The van der Waals surface area contributed by atoms with Crippen molar-refractivity contribution < 1.29 is 18.0 Å². The van der Waals surface area contributed by atoms with Crippen molar-refractivity contribution in [2.45, 2.75) is 12.2 Å². The van der Waals surface area contributed by atoms with Crippen LogP contribution in [0, 0.1) is 0 Å². The first kappa shape index (κ1) is 15.9. The van der Waals surface area contributed by atoms with Crippen molar-refractivity contribution in [3.8, 4) is 0 Å². The summed E-state index contributed by atoms with van der Waals surface area (Å²) in [6.07, 6.45) is -4.85. The van der Waals surface area contributed by atoms with E-state index in [4.69, 9.17) is 0 Å². The number of hydrogen-bond donors (Lipinski definition) is 1. The molecule has 4 nitrogen and oxygen atoms in total. The predicted octanol–water partition coefficient (Wildman–Crippen LogP) is 1.80. The molecule has 1 N–H and O–H groups in total. The number of hydrogen-bond acceptors (Lipinski definition) is 3. The number of nitrogens with one attached hydrogen (secondary N) is 1. The van der Waals surface area contributed by atoms with Crippen LogP contribution >= 0.6 is 12.4 Å². The van der Waals surface area contributed by atoms with Crippen molar-refractivity contribution >= 4 is 29.7 Å². The van der Waals surface area contributed by atoms with Crippen LogP contribution in [0.25, 0.3) is 0 Å². The van der Waals surface area contributed by atoms with E-state index in [1.165, 1.54) is 0 Å². The van der Waals surface area contributed by atoms with Gasteiger partial charge in [-0.3, -0.25) is 4.79 Å². The zero-order chi connectivity index (χ0) is 14.3. The molecule has 0 aromatic heterocycles. The van der Waals surface area contributed by atoms with Gasteiger partial charge >= 0.3 is 12.1 Å². The molecule has 116 valence electrons. The number of para-hydroxylation sites is 2. The van der Waals surface area contributed by atoms with Gasteiger partial charge in [-0.15, -0.1) is 12.4 Å². The van der Waals surface area contributed by atoms with Crippen LogP contribution in [0.1, 0.15) is 0 Å². The van der Waals surface area contributed by atoms with E-state index in [1.54, 1.807) is 24.3 Å². The molecule has 8 heteroatoms. The number of fused-ring (bicyclic) bond motifs is 3. The molecule has 0 aliphatic carbocycles. The highest BCUT2D eigenvalue weighted by Gasteiger charge is 2.46. The Balaban J connectivity index is 0.00000161. The van der Waals surface area contributed by atoms with Crippen LogP contribution in [0.2, 0.25) is 0 Å². The number of nitrogens with zero attached hydrogens (tertiary/aromatic N) is 2. The van der Waals surface area contributed by atoms with E-state index >= 15 is 0 Å². The van der Waals surface area contributed by atoms with Crippen molar-refractivity contribution in [1.29, 1.82) is 0 Å². The van der Waals surface area contributed by atoms with Gasteiger partial charge in [0.1, 0.15) is 0 Å². The standard InChI is InChI=1S/C13H14F3N3O.ClH/c14-13(15,16)12(20)19-8-9-7-17-5-6-18(9)10-3-1-2-4-11(10)19;/h1-4,9,17H,5-8H2;1H. The Morgan fingerprint density at radius 3 is 2.57 bits per heavy atom. The van der Waals surface area contributed by atoms with Gasteiger partial charge in [-0.05, 0) is 12.1 Å². The third-order valence-electron chi connectivity index (χ3n) is 3.71. The first-order chi connectivity index (χ1) is 9.48. The minimum atomic E-state index is -4.85. The molecule has 2 aliphatic heterocycles. The maximum atomic E-state index is 12.7. The summed E-state index contributed by atoms with van der Waals surface area (Å²) in [5, 5.41) is 3.15. The lowest BCUT2D eigenvalue weighted by molar-refractivity contribution is -0.170. The van der Waals surface area contributed by atoms with Crippen molar-refractivity contribution in [1.82, 2.24) is 5.32 Å². The summed E-state index contributed by atoms with van der Waals surface area (Å²) in [6, 6.07) is 6.64. The molecule has 1 unspecified atom stereocenters. The van der Waals surface area contributed by atoms with E-state index in [0.717, 1.165) is 18.0 Å². The van der Waals surface area contributed by atoms with Crippen LogP contribution in [-0.4, -0.2) is 44.3 Å². The average molecular weight is 322 g/mol. The monoisotopic (exact) mass is 321 g/mol. The SMILES string of the molecule is Cl.O=C(N1CC2CNCCN2c2ccccc21)C(F)(F)F. The largest absolute Gasteiger partial charge is 0.471 e. The van der Waals surface area contributed by atoms with E-state index in [9.17, 15) is 18.0 Å². The molecule has 0 spiro atoms. The second-order valence-corrected chi connectivity index (χ2v) is 4.95. The van der Waals surface area contributed by atoms with Gasteiger partial charge in [-0.1, -0.05) is 12.1 Å². The van der Waals surface area contributed by atoms with Gasteiger partial charge in [0.2, 0.25) is 0 Å². The number of halogens is 4. The Labute approximate surface area is 126 Å². The van der Waals surface area contributed by atoms with Gasteiger partial charge in [-0.2, -0.15) is 13.2 Å². The van der Waals surface area contributed by atoms with E-state index < -0.39 is 12.1 Å². The highest BCUT2D eigenvalue weighted by atomic mass is 35.5. The fraction of sp³-hybridized carbons (Fsp3) is 0.462. The first-order valence-electron chi connectivity index (χ1n) is 6.43. The second-order valence-electron chi connectivity index (χ2n) is 4.95. The summed E-state index contributed by atoms with van der Waals surface area (Å²) < 4.78 is 38.2. The summed E-state index contributed by atoms with van der Waals surface area (Å²) in [4.78, 5) is 14.5. The Kier molecular flexibility index (Phi) is 4.34. The Bertz CT molecular complexity index is 538. The highest BCUT2D eigenvalue weighted by molar-refractivity contribution is 6.01. The van der Waals surface area contributed by atoms with E-state index in [0.29, 0.717) is 17.9 Å². The van der Waals surface area contributed by atoms with Crippen molar-refractivity contribution in [2.75, 3.05) is 36.0 Å². The molecule has 1 fully saturated rings. The van der Waals surface area contributed by atoms with Crippen LogP contribution in [0.5, 0.6) is 0 Å². The van der Waals surface area contributed by atoms with E-state index in [-0.39, 0.29) is 25.0 Å². The zero-order valence-corrected chi connectivity index (χ0v) is 11.9. The minimum Gasteiger partial charge on any atom is -0.363 e. The number of carbonyl (C=O) groups is 1. The molecule has 1 amide bonds. The number of anilines is 2. The van der Waals surface area contributed by atoms with Gasteiger partial charge in [0, 0.05) is 26.2 Å². The number of benzene rings is 1. The molecule has 1 saturated heterocycles. The molecule has 0 radical (unpaired) electrons. The van der Waals surface area contributed by atoms with Gasteiger partial charge < -0.3 is 15.1 Å². The highest BCUT2D eigenvalue weighted by Crippen LogP contribution is 2.37. The van der Waals surface area contributed by atoms with Crippen molar-refractivity contribution in [2.24, 2.45) is 0 Å².